The van der Waals surface area contributed by atoms with Gasteiger partial charge in [-0.1, -0.05) is 13.3 Å². The van der Waals surface area contributed by atoms with Gasteiger partial charge in [0.2, 0.25) is 0 Å². The van der Waals surface area contributed by atoms with Crippen LogP contribution in [0.1, 0.15) is 32.9 Å². The molecule has 0 saturated heterocycles. The number of hydrogen-bond donors (Lipinski definition) is 1. The van der Waals surface area contributed by atoms with Crippen molar-refractivity contribution in [3.63, 3.8) is 0 Å². The van der Waals surface area contributed by atoms with Gasteiger partial charge >= 0.3 is 0 Å². The summed E-state index contributed by atoms with van der Waals surface area (Å²) in [6.07, 6.45) is 1.98. The van der Waals surface area contributed by atoms with Crippen molar-refractivity contribution in [3.05, 3.63) is 5.69 Å². The third-order valence-corrected chi connectivity index (χ3v) is 3.05. The zero-order valence-corrected chi connectivity index (χ0v) is 12.2. The van der Waals surface area contributed by atoms with Gasteiger partial charge in [0.25, 0.3) is 0 Å². The fourth-order valence-corrected chi connectivity index (χ4v) is 2.15. The molecule has 0 bridgehead atoms. The van der Waals surface area contributed by atoms with Gasteiger partial charge in [-0.2, -0.15) is 5.10 Å². The first kappa shape index (κ1) is 14.8. The van der Waals surface area contributed by atoms with E-state index in [0.717, 1.165) is 36.6 Å². The van der Waals surface area contributed by atoms with E-state index < -0.39 is 0 Å². The lowest BCUT2D eigenvalue weighted by atomic mass is 10.2. The Bertz CT molecular complexity index is 373. The van der Waals surface area contributed by atoms with E-state index in [1.807, 2.05) is 11.7 Å². The van der Waals surface area contributed by atoms with Crippen molar-refractivity contribution in [1.29, 1.82) is 0 Å². The molecule has 1 aromatic rings. The maximum atomic E-state index is 6.23. The average molecular weight is 254 g/mol. The first-order chi connectivity index (χ1) is 8.52. The minimum absolute atomic E-state index is 0.368. The Hall–Kier alpha value is -1.23. The first-order valence-electron chi connectivity index (χ1n) is 6.59. The molecular weight excluding hydrogens is 228 g/mol. The second-order valence-corrected chi connectivity index (χ2v) is 4.84. The molecule has 0 aromatic carbocycles. The molecule has 1 rings (SSSR count). The quantitative estimate of drug-likeness (QED) is 0.806. The molecule has 0 radical (unpaired) electrons. The molecular formula is C13H26N4O. The van der Waals surface area contributed by atoms with E-state index in [9.17, 15) is 0 Å². The maximum Gasteiger partial charge on any atom is 0.150 e. The number of rotatable bonds is 7. The molecule has 0 fully saturated rings. The normalized spacial score (nSPS) is 11.2. The fraction of sp³-hybridized carbons (Fsp3) is 0.769. The summed E-state index contributed by atoms with van der Waals surface area (Å²) in [4.78, 5) is 2.24. The summed E-state index contributed by atoms with van der Waals surface area (Å²) >= 11 is 0. The summed E-state index contributed by atoms with van der Waals surface area (Å²) in [6, 6.07) is 0.368. The van der Waals surface area contributed by atoms with Gasteiger partial charge in [0.15, 0.2) is 5.82 Å². The van der Waals surface area contributed by atoms with Crippen LogP contribution < -0.4 is 10.6 Å². The van der Waals surface area contributed by atoms with Gasteiger partial charge in [0, 0.05) is 26.7 Å². The molecule has 5 heteroatoms. The van der Waals surface area contributed by atoms with Gasteiger partial charge in [-0.3, -0.25) is 4.68 Å². The molecule has 18 heavy (non-hydrogen) atoms. The second-order valence-electron chi connectivity index (χ2n) is 4.84. The molecule has 0 aliphatic heterocycles. The lowest BCUT2D eigenvalue weighted by Gasteiger charge is -2.28. The fourth-order valence-electron chi connectivity index (χ4n) is 2.15. The Balaban J connectivity index is 3.03. The van der Waals surface area contributed by atoms with E-state index >= 15 is 0 Å². The predicted octanol–water partition coefficient (Wildman–Crippen LogP) is 1.82. The van der Waals surface area contributed by atoms with Crippen LogP contribution in [-0.4, -0.2) is 36.1 Å². The highest BCUT2D eigenvalue weighted by molar-refractivity contribution is 5.66. The SMILES string of the molecule is CCCc1nn(C)c(N(CCOC)C(C)C)c1N. The van der Waals surface area contributed by atoms with Gasteiger partial charge in [0.05, 0.1) is 18.0 Å². The molecule has 2 N–H and O–H groups in total. The third kappa shape index (κ3) is 3.16. The minimum atomic E-state index is 0.368. The molecule has 0 atom stereocenters. The summed E-state index contributed by atoms with van der Waals surface area (Å²) in [5.74, 6) is 1.01. The zero-order chi connectivity index (χ0) is 13.7. The van der Waals surface area contributed by atoms with Crippen LogP contribution in [0.2, 0.25) is 0 Å². The molecule has 0 unspecified atom stereocenters. The number of aryl methyl sites for hydroxylation is 2. The van der Waals surface area contributed by atoms with Crippen LogP contribution in [0.3, 0.4) is 0 Å². The van der Waals surface area contributed by atoms with Crippen molar-refractivity contribution in [3.8, 4) is 0 Å². The Morgan fingerprint density at radius 2 is 2.11 bits per heavy atom. The van der Waals surface area contributed by atoms with Crippen LogP contribution in [0.25, 0.3) is 0 Å². The highest BCUT2D eigenvalue weighted by Gasteiger charge is 2.20. The van der Waals surface area contributed by atoms with Crippen molar-refractivity contribution < 1.29 is 4.74 Å². The Morgan fingerprint density at radius 1 is 1.44 bits per heavy atom. The molecule has 1 aromatic heterocycles. The summed E-state index contributed by atoms with van der Waals surface area (Å²) in [6.45, 7) is 7.96. The summed E-state index contributed by atoms with van der Waals surface area (Å²) in [5, 5.41) is 4.52. The van der Waals surface area contributed by atoms with Crippen LogP contribution in [0.5, 0.6) is 0 Å². The molecule has 5 nitrogen and oxygen atoms in total. The molecule has 0 aliphatic rings. The number of aromatic nitrogens is 2. The topological polar surface area (TPSA) is 56.3 Å². The first-order valence-corrected chi connectivity index (χ1v) is 6.59. The number of ether oxygens (including phenoxy) is 1. The van der Waals surface area contributed by atoms with Crippen LogP contribution in [0.15, 0.2) is 0 Å². The monoisotopic (exact) mass is 254 g/mol. The van der Waals surface area contributed by atoms with E-state index in [1.54, 1.807) is 7.11 Å². The van der Waals surface area contributed by atoms with Crippen molar-refractivity contribution >= 4 is 11.5 Å². The Labute approximate surface area is 110 Å². The van der Waals surface area contributed by atoms with Crippen LogP contribution >= 0.6 is 0 Å². The van der Waals surface area contributed by atoms with Crippen molar-refractivity contribution in [2.45, 2.75) is 39.7 Å². The van der Waals surface area contributed by atoms with Crippen LogP contribution in [0, 0.1) is 0 Å². The number of anilines is 2. The van der Waals surface area contributed by atoms with Gasteiger partial charge in [-0.15, -0.1) is 0 Å². The highest BCUT2D eigenvalue weighted by atomic mass is 16.5. The van der Waals surface area contributed by atoms with E-state index in [2.05, 4.69) is 30.8 Å². The predicted molar refractivity (Wildman–Crippen MR) is 76.0 cm³/mol. The highest BCUT2D eigenvalue weighted by Crippen LogP contribution is 2.28. The van der Waals surface area contributed by atoms with E-state index in [4.69, 9.17) is 10.5 Å². The van der Waals surface area contributed by atoms with Crippen molar-refractivity contribution in [1.82, 2.24) is 9.78 Å². The van der Waals surface area contributed by atoms with Gasteiger partial charge in [-0.25, -0.2) is 0 Å². The Kier molecular flexibility index (Phi) is 5.47. The van der Waals surface area contributed by atoms with Crippen LogP contribution in [-0.2, 0) is 18.2 Å². The zero-order valence-electron chi connectivity index (χ0n) is 12.2. The third-order valence-electron chi connectivity index (χ3n) is 3.05. The average Bonchev–Trinajstić information content (AvgIpc) is 2.57. The number of nitrogen functional groups attached to an aromatic ring is 1. The van der Waals surface area contributed by atoms with E-state index in [0.29, 0.717) is 12.6 Å². The smallest absolute Gasteiger partial charge is 0.150 e. The lowest BCUT2D eigenvalue weighted by Crippen LogP contribution is -2.35. The Morgan fingerprint density at radius 3 is 2.61 bits per heavy atom. The molecule has 0 spiro atoms. The van der Waals surface area contributed by atoms with Crippen molar-refractivity contribution in [2.75, 3.05) is 30.9 Å². The van der Waals surface area contributed by atoms with E-state index in [1.165, 1.54) is 0 Å². The van der Waals surface area contributed by atoms with Gasteiger partial charge in [-0.05, 0) is 20.3 Å². The maximum absolute atomic E-state index is 6.23. The molecule has 104 valence electrons. The second kappa shape index (κ2) is 6.64. The molecule has 1 heterocycles. The largest absolute Gasteiger partial charge is 0.394 e. The van der Waals surface area contributed by atoms with Gasteiger partial charge in [0.1, 0.15) is 0 Å². The standard InChI is InChI=1S/C13H26N4O/c1-6-7-11-12(14)13(16(4)15-11)17(10(2)3)8-9-18-5/h10H,6-9,14H2,1-5H3. The summed E-state index contributed by atoms with van der Waals surface area (Å²) < 4.78 is 7.05. The molecule has 0 amide bonds. The van der Waals surface area contributed by atoms with Crippen molar-refractivity contribution in [2.24, 2.45) is 7.05 Å². The lowest BCUT2D eigenvalue weighted by molar-refractivity contribution is 0.203. The van der Waals surface area contributed by atoms with Crippen LogP contribution in [0.4, 0.5) is 11.5 Å². The number of nitrogens with zero attached hydrogens (tertiary/aromatic N) is 3. The molecule has 0 aliphatic carbocycles. The summed E-state index contributed by atoms with van der Waals surface area (Å²) in [5.41, 5.74) is 8.04. The number of nitrogens with two attached hydrogens (primary N) is 1. The van der Waals surface area contributed by atoms with E-state index in [-0.39, 0.29) is 0 Å². The van der Waals surface area contributed by atoms with Gasteiger partial charge < -0.3 is 15.4 Å². The summed E-state index contributed by atoms with van der Waals surface area (Å²) in [7, 11) is 3.67. The minimum Gasteiger partial charge on any atom is -0.394 e. The number of hydrogen-bond acceptors (Lipinski definition) is 4. The number of methoxy groups -OCH3 is 1. The molecule has 0 saturated carbocycles.